The van der Waals surface area contributed by atoms with Crippen LogP contribution in [0.1, 0.15) is 19.4 Å². The molecule has 0 spiro atoms. The number of carboxylic acid groups (broad SMARTS) is 1. The van der Waals surface area contributed by atoms with Gasteiger partial charge in [-0.25, -0.2) is 8.42 Å². The molecule has 0 aromatic heterocycles. The number of benzene rings is 1. The average molecular weight is 316 g/mol. The molecule has 0 radical (unpaired) electrons. The van der Waals surface area contributed by atoms with Crippen LogP contribution < -0.4 is 0 Å². The summed E-state index contributed by atoms with van der Waals surface area (Å²) in [6.45, 7) is 3.93. The van der Waals surface area contributed by atoms with E-state index in [0.29, 0.717) is 0 Å². The van der Waals surface area contributed by atoms with Crippen molar-refractivity contribution in [2.24, 2.45) is 0 Å². The summed E-state index contributed by atoms with van der Waals surface area (Å²) >= 11 is 0. The molecule has 116 valence electrons. The molecular weight excluding hydrogens is 300 g/mol. The van der Waals surface area contributed by atoms with Gasteiger partial charge in [0, 0.05) is 19.2 Å². The molecule has 0 heterocycles. The molecular formula is C12H16N2O6S. The number of nitrogens with zero attached hydrogens (tertiary/aromatic N) is 2. The van der Waals surface area contributed by atoms with Gasteiger partial charge in [0.15, 0.2) is 0 Å². The number of rotatable bonds is 5. The monoisotopic (exact) mass is 316 g/mol. The summed E-state index contributed by atoms with van der Waals surface area (Å²) in [5.74, 6) is -1.30. The number of nitro groups is 1. The summed E-state index contributed by atoms with van der Waals surface area (Å²) in [6.07, 6.45) is 0. The number of nitro benzene ring substituents is 1. The van der Waals surface area contributed by atoms with Gasteiger partial charge in [0.25, 0.3) is 5.69 Å². The molecule has 0 bridgehead atoms. The molecule has 21 heavy (non-hydrogen) atoms. The predicted octanol–water partition coefficient (Wildman–Crippen LogP) is 1.39. The molecule has 0 aliphatic carbocycles. The Morgan fingerprint density at radius 2 is 1.90 bits per heavy atom. The fourth-order valence-corrected chi connectivity index (χ4v) is 3.30. The van der Waals surface area contributed by atoms with Crippen molar-refractivity contribution >= 4 is 21.7 Å². The van der Waals surface area contributed by atoms with Gasteiger partial charge in [0.2, 0.25) is 10.0 Å². The van der Waals surface area contributed by atoms with Crippen LogP contribution in [0.5, 0.6) is 0 Å². The first-order valence-electron chi connectivity index (χ1n) is 5.90. The summed E-state index contributed by atoms with van der Waals surface area (Å²) < 4.78 is 25.7. The van der Waals surface area contributed by atoms with E-state index in [9.17, 15) is 23.3 Å². The highest BCUT2D eigenvalue weighted by molar-refractivity contribution is 7.89. The Balaban J connectivity index is 3.39. The number of sulfonamides is 1. The molecule has 1 rings (SSSR count). The highest BCUT2D eigenvalue weighted by Gasteiger charge is 2.40. The highest BCUT2D eigenvalue weighted by atomic mass is 32.2. The third-order valence-electron chi connectivity index (χ3n) is 3.32. The maximum atomic E-state index is 12.5. The second-order valence-electron chi connectivity index (χ2n) is 5.04. The van der Waals surface area contributed by atoms with Crippen molar-refractivity contribution in [1.82, 2.24) is 4.31 Å². The van der Waals surface area contributed by atoms with E-state index < -0.39 is 26.5 Å². The maximum absolute atomic E-state index is 12.5. The van der Waals surface area contributed by atoms with Crippen LogP contribution in [0.15, 0.2) is 23.1 Å². The van der Waals surface area contributed by atoms with Gasteiger partial charge in [-0.3, -0.25) is 14.9 Å². The lowest BCUT2D eigenvalue weighted by Crippen LogP contribution is -2.50. The van der Waals surface area contributed by atoms with E-state index in [1.807, 2.05) is 0 Å². The minimum atomic E-state index is -4.08. The molecule has 0 saturated carbocycles. The molecule has 1 aromatic rings. The number of carboxylic acids is 1. The van der Waals surface area contributed by atoms with Gasteiger partial charge in [-0.05, 0) is 32.4 Å². The number of carbonyl (C=O) groups is 1. The normalized spacial score (nSPS) is 12.4. The van der Waals surface area contributed by atoms with Crippen molar-refractivity contribution in [1.29, 1.82) is 0 Å². The Bertz CT molecular complexity index is 696. The fourth-order valence-electron chi connectivity index (χ4n) is 1.62. The van der Waals surface area contributed by atoms with Crippen LogP contribution in [0.3, 0.4) is 0 Å². The van der Waals surface area contributed by atoms with Gasteiger partial charge in [0.1, 0.15) is 5.54 Å². The number of hydrogen-bond acceptors (Lipinski definition) is 5. The largest absolute Gasteiger partial charge is 0.480 e. The van der Waals surface area contributed by atoms with E-state index in [0.717, 1.165) is 29.6 Å². The molecule has 0 saturated heterocycles. The molecule has 0 unspecified atom stereocenters. The first-order valence-corrected chi connectivity index (χ1v) is 7.34. The minimum absolute atomic E-state index is 0.162. The zero-order valence-corrected chi connectivity index (χ0v) is 12.8. The molecule has 0 amide bonds. The highest BCUT2D eigenvalue weighted by Crippen LogP contribution is 2.27. The molecule has 1 N–H and O–H groups in total. The van der Waals surface area contributed by atoms with Crippen LogP contribution >= 0.6 is 0 Å². The van der Waals surface area contributed by atoms with Crippen molar-refractivity contribution < 1.29 is 23.2 Å². The lowest BCUT2D eigenvalue weighted by Gasteiger charge is -2.30. The molecule has 0 aliphatic heterocycles. The summed E-state index contributed by atoms with van der Waals surface area (Å²) in [7, 11) is -2.93. The second-order valence-corrected chi connectivity index (χ2v) is 6.98. The second kappa shape index (κ2) is 5.41. The van der Waals surface area contributed by atoms with E-state index in [2.05, 4.69) is 0 Å². The topological polar surface area (TPSA) is 118 Å². The Morgan fingerprint density at radius 3 is 2.29 bits per heavy atom. The van der Waals surface area contributed by atoms with Crippen LogP contribution in [0.2, 0.25) is 0 Å². The number of likely N-dealkylation sites (N-methyl/N-ethyl adjacent to an activating group) is 1. The first kappa shape index (κ1) is 17.1. The number of non-ortho nitro benzene ring substituents is 1. The summed E-state index contributed by atoms with van der Waals surface area (Å²) in [5.41, 5.74) is -1.70. The van der Waals surface area contributed by atoms with Gasteiger partial charge in [-0.1, -0.05) is 0 Å². The standard InChI is InChI=1S/C12H16N2O6S/c1-8-7-9(14(17)18)5-6-10(8)21(19,20)13(4)12(2,3)11(15)16/h5-7H,1-4H3,(H,15,16). The van der Waals surface area contributed by atoms with Gasteiger partial charge in [-0.2, -0.15) is 4.31 Å². The van der Waals surface area contributed by atoms with Crippen molar-refractivity contribution in [3.05, 3.63) is 33.9 Å². The molecule has 1 aromatic carbocycles. The van der Waals surface area contributed by atoms with E-state index in [1.54, 1.807) is 0 Å². The van der Waals surface area contributed by atoms with Crippen LogP contribution in [-0.4, -0.2) is 41.3 Å². The molecule has 9 heteroatoms. The third-order valence-corrected chi connectivity index (χ3v) is 5.51. The van der Waals surface area contributed by atoms with Gasteiger partial charge >= 0.3 is 5.97 Å². The summed E-state index contributed by atoms with van der Waals surface area (Å²) in [5, 5.41) is 19.8. The van der Waals surface area contributed by atoms with Crippen molar-refractivity contribution in [3.63, 3.8) is 0 Å². The average Bonchev–Trinajstić information content (AvgIpc) is 2.36. The molecule has 0 aliphatic rings. The summed E-state index contributed by atoms with van der Waals surface area (Å²) in [6, 6.07) is 3.31. The van der Waals surface area contributed by atoms with Crippen LogP contribution in [0, 0.1) is 17.0 Å². The zero-order chi connectivity index (χ0) is 16.6. The van der Waals surface area contributed by atoms with E-state index in [-0.39, 0.29) is 16.1 Å². The van der Waals surface area contributed by atoms with E-state index in [4.69, 9.17) is 5.11 Å². The Hall–Kier alpha value is -2.00. The third kappa shape index (κ3) is 3.03. The maximum Gasteiger partial charge on any atom is 0.324 e. The SMILES string of the molecule is Cc1cc([N+](=O)[O-])ccc1S(=O)(=O)N(C)C(C)(C)C(=O)O. The van der Waals surface area contributed by atoms with Crippen molar-refractivity contribution in [2.75, 3.05) is 7.05 Å². The smallest absolute Gasteiger partial charge is 0.324 e. The van der Waals surface area contributed by atoms with Crippen LogP contribution in [0.4, 0.5) is 5.69 Å². The first-order chi connectivity index (χ1) is 9.42. The van der Waals surface area contributed by atoms with E-state index in [1.165, 1.54) is 20.8 Å². The molecule has 0 atom stereocenters. The van der Waals surface area contributed by atoms with Crippen LogP contribution in [-0.2, 0) is 14.8 Å². The zero-order valence-electron chi connectivity index (χ0n) is 12.0. The quantitative estimate of drug-likeness (QED) is 0.647. The predicted molar refractivity (Wildman–Crippen MR) is 74.5 cm³/mol. The van der Waals surface area contributed by atoms with Crippen molar-refractivity contribution in [2.45, 2.75) is 31.2 Å². The van der Waals surface area contributed by atoms with Crippen molar-refractivity contribution in [3.8, 4) is 0 Å². The Kier molecular flexibility index (Phi) is 4.40. The minimum Gasteiger partial charge on any atom is -0.480 e. The molecule has 8 nitrogen and oxygen atoms in total. The molecule has 0 fully saturated rings. The summed E-state index contributed by atoms with van der Waals surface area (Å²) in [4.78, 5) is 21.0. The number of hydrogen-bond donors (Lipinski definition) is 1. The Labute approximate surface area is 122 Å². The Morgan fingerprint density at radius 1 is 1.38 bits per heavy atom. The van der Waals surface area contributed by atoms with Gasteiger partial charge < -0.3 is 5.11 Å². The lowest BCUT2D eigenvalue weighted by molar-refractivity contribution is -0.385. The number of aliphatic carboxylic acids is 1. The number of aryl methyl sites for hydroxylation is 1. The van der Waals surface area contributed by atoms with Crippen LogP contribution in [0.25, 0.3) is 0 Å². The van der Waals surface area contributed by atoms with E-state index >= 15 is 0 Å². The fraction of sp³-hybridized carbons (Fsp3) is 0.417. The van der Waals surface area contributed by atoms with Gasteiger partial charge in [-0.15, -0.1) is 0 Å². The lowest BCUT2D eigenvalue weighted by atomic mass is 10.1. The van der Waals surface area contributed by atoms with Gasteiger partial charge in [0.05, 0.1) is 9.82 Å².